The average molecular weight is 527 g/mol. The molecular weight excluding hydrogens is 507 g/mol. The van der Waals surface area contributed by atoms with Gasteiger partial charge in [-0.15, -0.1) is 0 Å². The van der Waals surface area contributed by atoms with Gasteiger partial charge >= 0.3 is 0 Å². The summed E-state index contributed by atoms with van der Waals surface area (Å²) in [5.74, 6) is -0.740. The van der Waals surface area contributed by atoms with Gasteiger partial charge < -0.3 is 15.6 Å². The average Bonchev–Trinajstić information content (AvgIpc) is 3.40. The molecule has 188 valence electrons. The van der Waals surface area contributed by atoms with Crippen molar-refractivity contribution in [2.45, 2.75) is 19.3 Å². The lowest BCUT2D eigenvalue weighted by Crippen LogP contribution is -2.19. The van der Waals surface area contributed by atoms with Crippen molar-refractivity contribution in [3.05, 3.63) is 89.3 Å². The van der Waals surface area contributed by atoms with Crippen molar-refractivity contribution in [1.29, 1.82) is 5.26 Å². The zero-order valence-corrected chi connectivity index (χ0v) is 21.0. The Morgan fingerprint density at radius 2 is 1.89 bits per heavy atom. The van der Waals surface area contributed by atoms with Crippen LogP contribution in [-0.4, -0.2) is 30.8 Å². The Labute approximate surface area is 221 Å². The number of benzene rings is 2. The molecule has 2 aromatic carbocycles. The van der Waals surface area contributed by atoms with Gasteiger partial charge in [0.25, 0.3) is 5.91 Å². The number of halogens is 2. The Morgan fingerprint density at radius 1 is 1.08 bits per heavy atom. The van der Waals surface area contributed by atoms with Crippen LogP contribution in [-0.2, 0) is 5.41 Å². The second-order valence-electron chi connectivity index (χ2n) is 8.90. The number of fused-ring (bicyclic) bond motifs is 1. The molecule has 0 spiro atoms. The molecule has 3 aromatic heterocycles. The summed E-state index contributed by atoms with van der Waals surface area (Å²) in [5, 5.41) is 15.8. The predicted octanol–water partition coefficient (Wildman–Crippen LogP) is 6.00. The highest BCUT2D eigenvalue weighted by Crippen LogP contribution is 2.39. The van der Waals surface area contributed by atoms with Crippen LogP contribution in [0, 0.1) is 17.1 Å². The number of aromatic nitrogens is 5. The maximum Gasteiger partial charge on any atom is 0.255 e. The molecule has 5 aromatic rings. The predicted molar refractivity (Wildman–Crippen MR) is 143 cm³/mol. The number of H-pyrrole nitrogens is 1. The summed E-state index contributed by atoms with van der Waals surface area (Å²) in [6.07, 6.45) is 4.53. The van der Waals surface area contributed by atoms with Gasteiger partial charge in [0.2, 0.25) is 0 Å². The molecule has 0 atom stereocenters. The molecule has 9 nitrogen and oxygen atoms in total. The molecule has 1 amide bonds. The Hall–Kier alpha value is -4.88. The summed E-state index contributed by atoms with van der Waals surface area (Å²) >= 11 is 6.79. The number of nitriles is 1. The fraction of sp³-hybridized carbons (Fsp3) is 0.111. The molecule has 0 aliphatic carbocycles. The Bertz CT molecular complexity index is 1730. The first kappa shape index (κ1) is 24.8. The summed E-state index contributed by atoms with van der Waals surface area (Å²) in [5.41, 5.74) is 2.22. The molecule has 0 saturated carbocycles. The number of rotatable bonds is 6. The van der Waals surface area contributed by atoms with Crippen LogP contribution < -0.4 is 10.6 Å². The lowest BCUT2D eigenvalue weighted by atomic mass is 9.85. The van der Waals surface area contributed by atoms with E-state index >= 15 is 0 Å². The molecule has 38 heavy (non-hydrogen) atoms. The maximum atomic E-state index is 14.2. The number of nitrogens with zero attached hydrogens (tertiary/aromatic N) is 5. The van der Waals surface area contributed by atoms with Crippen LogP contribution in [0.25, 0.3) is 22.4 Å². The molecule has 11 heteroatoms. The molecule has 0 aliphatic rings. The SMILES string of the molecule is CC(C)(C#N)c1cc(C(=O)Nc2ccccc2F)cc(Nc2ncccc2-c2ncnc3nc[nH]c23)c1Cl. The van der Waals surface area contributed by atoms with E-state index in [1.807, 2.05) is 6.07 Å². The molecule has 3 N–H and O–H groups in total. The zero-order valence-electron chi connectivity index (χ0n) is 20.3. The van der Waals surface area contributed by atoms with Gasteiger partial charge in [-0.3, -0.25) is 4.79 Å². The van der Waals surface area contributed by atoms with Crippen LogP contribution in [0.4, 0.5) is 21.6 Å². The summed E-state index contributed by atoms with van der Waals surface area (Å²) in [6, 6.07) is 14.7. The highest BCUT2D eigenvalue weighted by atomic mass is 35.5. The standard InChI is InChI=1S/C27H20ClFN8O/c1-27(2,12-30)17-10-15(26(38)37-19-8-4-3-7-18(19)29)11-20(21(17)28)36-24-16(6-5-9-31-24)22-23-25(34-13-32-22)35-14-33-23/h3-11,13-14H,1-2H3,(H,31,36)(H,37,38)(H,32,33,34,35). The zero-order chi connectivity index (χ0) is 26.9. The largest absolute Gasteiger partial charge is 0.341 e. The van der Waals surface area contributed by atoms with Gasteiger partial charge in [0.1, 0.15) is 29.2 Å². The van der Waals surface area contributed by atoms with Crippen molar-refractivity contribution < 1.29 is 9.18 Å². The lowest BCUT2D eigenvalue weighted by Gasteiger charge is -2.22. The topological polar surface area (TPSA) is 132 Å². The first-order chi connectivity index (χ1) is 18.3. The van der Waals surface area contributed by atoms with Gasteiger partial charge in [0.05, 0.1) is 34.2 Å². The van der Waals surface area contributed by atoms with E-state index in [9.17, 15) is 14.4 Å². The number of hydrogen-bond acceptors (Lipinski definition) is 7. The molecule has 0 saturated heterocycles. The van der Waals surface area contributed by atoms with Gasteiger partial charge in [0, 0.05) is 17.3 Å². The number of amides is 1. The summed E-state index contributed by atoms with van der Waals surface area (Å²) in [6.45, 7) is 3.39. The van der Waals surface area contributed by atoms with Crippen LogP contribution >= 0.6 is 11.6 Å². The van der Waals surface area contributed by atoms with Gasteiger partial charge in [-0.05, 0) is 55.8 Å². The Kier molecular flexibility index (Phi) is 6.45. The van der Waals surface area contributed by atoms with Crippen molar-refractivity contribution in [1.82, 2.24) is 24.9 Å². The van der Waals surface area contributed by atoms with Gasteiger partial charge in [-0.1, -0.05) is 23.7 Å². The minimum atomic E-state index is -1.04. The third-order valence-electron chi connectivity index (χ3n) is 5.95. The second kappa shape index (κ2) is 9.88. The summed E-state index contributed by atoms with van der Waals surface area (Å²) < 4.78 is 14.2. The van der Waals surface area contributed by atoms with Crippen molar-refractivity contribution >= 4 is 45.9 Å². The van der Waals surface area contributed by atoms with Gasteiger partial charge in [-0.25, -0.2) is 24.3 Å². The molecule has 0 radical (unpaired) electrons. The number of pyridine rings is 1. The summed E-state index contributed by atoms with van der Waals surface area (Å²) in [4.78, 5) is 33.4. The number of anilines is 3. The third-order valence-corrected chi connectivity index (χ3v) is 6.36. The van der Waals surface area contributed by atoms with Crippen molar-refractivity contribution in [3.63, 3.8) is 0 Å². The number of para-hydroxylation sites is 1. The highest BCUT2D eigenvalue weighted by molar-refractivity contribution is 6.34. The number of carbonyl (C=O) groups excluding carboxylic acids is 1. The number of aromatic amines is 1. The fourth-order valence-corrected chi connectivity index (χ4v) is 4.30. The maximum absolute atomic E-state index is 14.2. The highest BCUT2D eigenvalue weighted by Gasteiger charge is 2.27. The van der Waals surface area contributed by atoms with E-state index in [2.05, 4.69) is 41.6 Å². The Balaban J connectivity index is 1.61. The minimum absolute atomic E-state index is 0.0300. The van der Waals surface area contributed by atoms with E-state index in [-0.39, 0.29) is 16.3 Å². The number of imidazole rings is 1. The smallest absolute Gasteiger partial charge is 0.255 e. The minimum Gasteiger partial charge on any atom is -0.341 e. The van der Waals surface area contributed by atoms with Gasteiger partial charge in [-0.2, -0.15) is 5.26 Å². The van der Waals surface area contributed by atoms with Gasteiger partial charge in [0.15, 0.2) is 5.65 Å². The van der Waals surface area contributed by atoms with Crippen molar-refractivity contribution in [2.24, 2.45) is 0 Å². The summed E-state index contributed by atoms with van der Waals surface area (Å²) in [7, 11) is 0. The molecule has 5 rings (SSSR count). The molecule has 0 unspecified atom stereocenters. The third kappa shape index (κ3) is 4.63. The second-order valence-corrected chi connectivity index (χ2v) is 9.28. The van der Waals surface area contributed by atoms with Crippen LogP contribution in [0.3, 0.4) is 0 Å². The van der Waals surface area contributed by atoms with Crippen LogP contribution in [0.15, 0.2) is 67.4 Å². The first-order valence-corrected chi connectivity index (χ1v) is 11.8. The number of nitrogens with one attached hydrogen (secondary N) is 3. The number of hydrogen-bond donors (Lipinski definition) is 3. The Morgan fingerprint density at radius 3 is 2.68 bits per heavy atom. The number of carbonyl (C=O) groups is 1. The van der Waals surface area contributed by atoms with Crippen molar-refractivity contribution in [3.8, 4) is 17.3 Å². The van der Waals surface area contributed by atoms with E-state index in [1.54, 1.807) is 32.2 Å². The van der Waals surface area contributed by atoms with Crippen LogP contribution in [0.2, 0.25) is 5.02 Å². The van der Waals surface area contributed by atoms with Crippen molar-refractivity contribution in [2.75, 3.05) is 10.6 Å². The van der Waals surface area contributed by atoms with Crippen LogP contribution in [0.1, 0.15) is 29.8 Å². The monoisotopic (exact) mass is 526 g/mol. The van der Waals surface area contributed by atoms with E-state index in [0.717, 1.165) is 0 Å². The molecule has 0 aliphatic heterocycles. The molecular formula is C27H20ClFN8O. The molecule has 0 bridgehead atoms. The quantitative estimate of drug-likeness (QED) is 0.247. The molecule has 3 heterocycles. The van der Waals surface area contributed by atoms with E-state index in [4.69, 9.17) is 11.6 Å². The molecule has 0 fully saturated rings. The van der Waals surface area contributed by atoms with E-state index < -0.39 is 17.1 Å². The fourth-order valence-electron chi connectivity index (χ4n) is 3.91. The first-order valence-electron chi connectivity index (χ1n) is 11.5. The normalized spacial score (nSPS) is 11.2. The lowest BCUT2D eigenvalue weighted by molar-refractivity contribution is 0.102. The van der Waals surface area contributed by atoms with E-state index in [1.165, 1.54) is 43.0 Å². The van der Waals surface area contributed by atoms with E-state index in [0.29, 0.717) is 39.5 Å². The van der Waals surface area contributed by atoms with Crippen LogP contribution in [0.5, 0.6) is 0 Å².